The van der Waals surface area contributed by atoms with Gasteiger partial charge >= 0.3 is 6.09 Å². The van der Waals surface area contributed by atoms with E-state index in [4.69, 9.17) is 9.72 Å². The van der Waals surface area contributed by atoms with Gasteiger partial charge < -0.3 is 15.0 Å². The molecule has 2 N–H and O–H groups in total. The van der Waals surface area contributed by atoms with Crippen LogP contribution in [-0.2, 0) is 14.8 Å². The number of benzene rings is 1. The standard InChI is InChI=1S/C29H39FN6O4S2/c1-7-17-42(38,39)35-21-10-8-9-20(23(21)30)24-25(22-11-14-31-27(33-22)32-18(2)3)41-26(34-24)19-12-15-36(16-13-19)28(37)40-29(4,5)6/h8-11,14,18-19,35H,7,12-13,15-17H2,1-6H3,(H,31,32,33). The summed E-state index contributed by atoms with van der Waals surface area (Å²) < 4.78 is 48.7. The first-order valence-electron chi connectivity index (χ1n) is 14.1. The average molecular weight is 619 g/mol. The van der Waals surface area contributed by atoms with Crippen LogP contribution in [0.25, 0.3) is 21.8 Å². The molecule has 1 aliphatic rings. The highest BCUT2D eigenvalue weighted by molar-refractivity contribution is 7.92. The van der Waals surface area contributed by atoms with Gasteiger partial charge in [-0.25, -0.2) is 32.6 Å². The van der Waals surface area contributed by atoms with Crippen molar-refractivity contribution < 1.29 is 22.3 Å². The van der Waals surface area contributed by atoms with Crippen molar-refractivity contribution in [2.24, 2.45) is 0 Å². The van der Waals surface area contributed by atoms with E-state index < -0.39 is 21.4 Å². The molecule has 0 aliphatic carbocycles. The molecule has 3 heterocycles. The Balaban J connectivity index is 1.71. The van der Waals surface area contributed by atoms with E-state index in [0.29, 0.717) is 54.6 Å². The molecule has 0 bridgehead atoms. The predicted molar refractivity (Wildman–Crippen MR) is 165 cm³/mol. The quantitative estimate of drug-likeness (QED) is 0.279. The maximum atomic E-state index is 15.9. The van der Waals surface area contributed by atoms with E-state index in [1.165, 1.54) is 17.4 Å². The first-order chi connectivity index (χ1) is 19.8. The second-order valence-electron chi connectivity index (χ2n) is 11.6. The van der Waals surface area contributed by atoms with Gasteiger partial charge in [0.2, 0.25) is 16.0 Å². The van der Waals surface area contributed by atoms with Crippen LogP contribution in [-0.4, -0.2) is 64.8 Å². The fourth-order valence-electron chi connectivity index (χ4n) is 4.60. The van der Waals surface area contributed by atoms with Crippen LogP contribution in [0.2, 0.25) is 0 Å². The van der Waals surface area contributed by atoms with Crippen LogP contribution < -0.4 is 10.0 Å². The van der Waals surface area contributed by atoms with Crippen LogP contribution in [0.3, 0.4) is 0 Å². The van der Waals surface area contributed by atoms with Gasteiger partial charge in [-0.15, -0.1) is 11.3 Å². The molecular formula is C29H39FN6O4S2. The van der Waals surface area contributed by atoms with Crippen LogP contribution >= 0.6 is 11.3 Å². The van der Waals surface area contributed by atoms with E-state index in [1.807, 2.05) is 34.6 Å². The van der Waals surface area contributed by atoms with Gasteiger partial charge in [-0.1, -0.05) is 13.0 Å². The second-order valence-corrected chi connectivity index (χ2v) is 14.5. The lowest BCUT2D eigenvalue weighted by Gasteiger charge is -2.32. The normalized spacial score (nSPS) is 14.7. The monoisotopic (exact) mass is 618 g/mol. The number of rotatable bonds is 9. The van der Waals surface area contributed by atoms with Crippen LogP contribution in [0.5, 0.6) is 0 Å². The summed E-state index contributed by atoms with van der Waals surface area (Å²) in [5.74, 6) is -0.331. The largest absolute Gasteiger partial charge is 0.444 e. The number of likely N-dealkylation sites (tertiary alicyclic amines) is 1. The highest BCUT2D eigenvalue weighted by atomic mass is 32.2. The van der Waals surface area contributed by atoms with Crippen molar-refractivity contribution in [2.45, 2.75) is 78.4 Å². The van der Waals surface area contributed by atoms with E-state index in [1.54, 1.807) is 36.2 Å². The fourth-order valence-corrected chi connectivity index (χ4v) is 6.95. The van der Waals surface area contributed by atoms with Gasteiger partial charge in [-0.3, -0.25) is 4.72 Å². The molecule has 0 radical (unpaired) electrons. The van der Waals surface area contributed by atoms with Gasteiger partial charge in [0.1, 0.15) is 5.60 Å². The Morgan fingerprint density at radius 1 is 1.19 bits per heavy atom. The molecule has 0 spiro atoms. The van der Waals surface area contributed by atoms with Crippen molar-refractivity contribution in [1.82, 2.24) is 19.9 Å². The molecule has 4 rings (SSSR count). The molecule has 0 atom stereocenters. The lowest BCUT2D eigenvalue weighted by atomic mass is 9.97. The van der Waals surface area contributed by atoms with Crippen LogP contribution in [0.15, 0.2) is 30.5 Å². The van der Waals surface area contributed by atoms with Crippen LogP contribution in [0.1, 0.15) is 71.7 Å². The number of hydrogen-bond acceptors (Lipinski definition) is 9. The molecule has 1 aliphatic heterocycles. The lowest BCUT2D eigenvalue weighted by Crippen LogP contribution is -2.41. The van der Waals surface area contributed by atoms with E-state index in [2.05, 4.69) is 20.0 Å². The number of carbonyl (C=O) groups excluding carboxylic acids is 1. The average Bonchev–Trinajstić information content (AvgIpc) is 3.34. The third-order valence-corrected chi connectivity index (χ3v) is 9.15. The number of hydrogen-bond donors (Lipinski definition) is 2. The molecule has 0 saturated carbocycles. The Morgan fingerprint density at radius 2 is 1.90 bits per heavy atom. The molecule has 228 valence electrons. The van der Waals surface area contributed by atoms with Crippen molar-refractivity contribution in [2.75, 3.05) is 28.9 Å². The molecule has 2 aromatic heterocycles. The first-order valence-corrected chi connectivity index (χ1v) is 16.6. The Labute approximate surface area is 251 Å². The van der Waals surface area contributed by atoms with Crippen molar-refractivity contribution in [3.63, 3.8) is 0 Å². The molecule has 1 fully saturated rings. The molecule has 0 unspecified atom stereocenters. The van der Waals surface area contributed by atoms with E-state index in [0.717, 1.165) is 5.01 Å². The maximum Gasteiger partial charge on any atom is 0.410 e. The van der Waals surface area contributed by atoms with E-state index in [9.17, 15) is 13.2 Å². The summed E-state index contributed by atoms with van der Waals surface area (Å²) in [6.45, 7) is 12.3. The third kappa shape index (κ3) is 7.94. The van der Waals surface area contributed by atoms with Crippen LogP contribution in [0, 0.1) is 5.82 Å². The smallest absolute Gasteiger partial charge is 0.410 e. The lowest BCUT2D eigenvalue weighted by molar-refractivity contribution is 0.0204. The molecule has 1 amide bonds. The Hall–Kier alpha value is -3.32. The molecule has 3 aromatic rings. The number of thiazole rings is 1. The zero-order chi connectivity index (χ0) is 30.7. The number of carbonyl (C=O) groups is 1. The van der Waals surface area contributed by atoms with Crippen molar-refractivity contribution in [3.8, 4) is 21.8 Å². The molecule has 42 heavy (non-hydrogen) atoms. The summed E-state index contributed by atoms with van der Waals surface area (Å²) in [6.07, 6.45) is 3.06. The molecule has 1 aromatic carbocycles. The molecule has 10 nitrogen and oxygen atoms in total. The minimum atomic E-state index is -3.70. The number of sulfonamides is 1. The summed E-state index contributed by atoms with van der Waals surface area (Å²) in [4.78, 5) is 28.8. The summed E-state index contributed by atoms with van der Waals surface area (Å²) in [7, 11) is -3.70. The highest BCUT2D eigenvalue weighted by Gasteiger charge is 2.31. The number of aromatic nitrogens is 3. The second kappa shape index (κ2) is 12.9. The van der Waals surface area contributed by atoms with Gasteiger partial charge in [0.25, 0.3) is 0 Å². The number of nitrogens with one attached hydrogen (secondary N) is 2. The number of halogens is 1. The van der Waals surface area contributed by atoms with Gasteiger partial charge in [0.15, 0.2) is 5.82 Å². The predicted octanol–water partition coefficient (Wildman–Crippen LogP) is 6.49. The zero-order valence-corrected chi connectivity index (χ0v) is 26.5. The summed E-state index contributed by atoms with van der Waals surface area (Å²) >= 11 is 1.43. The minimum absolute atomic E-state index is 0.0468. The Bertz CT molecular complexity index is 1510. The first kappa shape index (κ1) is 31.6. The highest BCUT2D eigenvalue weighted by Crippen LogP contribution is 2.42. The number of anilines is 2. The van der Waals surface area contributed by atoms with Crippen molar-refractivity contribution in [1.29, 1.82) is 0 Å². The molecule has 13 heteroatoms. The maximum absolute atomic E-state index is 15.9. The topological polar surface area (TPSA) is 126 Å². The Morgan fingerprint density at radius 3 is 2.55 bits per heavy atom. The van der Waals surface area contributed by atoms with Crippen LogP contribution in [0.4, 0.5) is 20.8 Å². The number of amides is 1. The fraction of sp³-hybridized carbons (Fsp3) is 0.517. The van der Waals surface area contributed by atoms with Gasteiger partial charge in [-0.2, -0.15) is 0 Å². The number of piperidine rings is 1. The van der Waals surface area contributed by atoms with Crippen molar-refractivity contribution in [3.05, 3.63) is 41.3 Å². The number of ether oxygens (including phenoxy) is 1. The third-order valence-electron chi connectivity index (χ3n) is 6.44. The summed E-state index contributed by atoms with van der Waals surface area (Å²) in [5.41, 5.74) is 0.434. The van der Waals surface area contributed by atoms with E-state index >= 15 is 4.39 Å². The molecule has 1 saturated heterocycles. The SMILES string of the molecule is CCCS(=O)(=O)Nc1cccc(-c2nc(C3CCN(C(=O)OC(C)(C)C)CC3)sc2-c2ccnc(NC(C)C)n2)c1F. The van der Waals surface area contributed by atoms with Gasteiger partial charge in [0, 0.05) is 36.8 Å². The van der Waals surface area contributed by atoms with Gasteiger partial charge in [-0.05, 0) is 72.1 Å². The minimum Gasteiger partial charge on any atom is -0.444 e. The summed E-state index contributed by atoms with van der Waals surface area (Å²) in [6, 6.07) is 6.46. The van der Waals surface area contributed by atoms with E-state index in [-0.39, 0.29) is 35.1 Å². The number of nitrogens with zero attached hydrogens (tertiary/aromatic N) is 4. The molecular weight excluding hydrogens is 579 g/mol. The van der Waals surface area contributed by atoms with Crippen molar-refractivity contribution >= 4 is 39.1 Å². The summed E-state index contributed by atoms with van der Waals surface area (Å²) in [5, 5.41) is 4.00. The zero-order valence-electron chi connectivity index (χ0n) is 24.9. The Kier molecular flexibility index (Phi) is 9.71. The van der Waals surface area contributed by atoms with Gasteiger partial charge in [0.05, 0.1) is 32.7 Å².